The van der Waals surface area contributed by atoms with E-state index in [0.29, 0.717) is 69.8 Å². The molecule has 3 aliphatic heterocycles. The van der Waals surface area contributed by atoms with Crippen LogP contribution in [-0.4, -0.2) is 236 Å². The number of fused-ring (bicyclic) bond motifs is 2. The topological polar surface area (TPSA) is 466 Å². The molecule has 36 heteroatoms. The number of methoxy groups -OCH3 is 2. The smallest absolute Gasteiger partial charge is 0.410 e. The van der Waals surface area contributed by atoms with Gasteiger partial charge in [0.25, 0.3) is 27.8 Å². The maximum atomic E-state index is 14.0. The fourth-order valence-electron chi connectivity index (χ4n) is 17.1. The normalized spacial score (nSPS) is 24.3. The van der Waals surface area contributed by atoms with Gasteiger partial charge in [0.1, 0.15) is 60.6 Å². The summed E-state index contributed by atoms with van der Waals surface area (Å²) in [5, 5.41) is 67.3. The van der Waals surface area contributed by atoms with Crippen LogP contribution in [0, 0.1) is 23.2 Å². The van der Waals surface area contributed by atoms with Crippen molar-refractivity contribution < 1.29 is 110 Å². The van der Waals surface area contributed by atoms with Gasteiger partial charge in [-0.15, -0.1) is 0 Å². The molecule has 3 unspecified atom stereocenters. The third-order valence-corrected chi connectivity index (χ3v) is 22.4. The van der Waals surface area contributed by atoms with E-state index < -0.39 is 125 Å². The van der Waals surface area contributed by atoms with E-state index in [1.807, 2.05) is 46.1 Å². The van der Waals surface area contributed by atoms with Crippen LogP contribution in [0.1, 0.15) is 102 Å². The fourth-order valence-corrected chi connectivity index (χ4v) is 18.6. The Kier molecular flexibility index (Phi) is 23.3. The molecule has 7 aliphatic rings. The predicted molar refractivity (Wildman–Crippen MR) is 393 cm³/mol. The van der Waals surface area contributed by atoms with Crippen LogP contribution < -0.4 is 35.6 Å². The van der Waals surface area contributed by atoms with E-state index in [4.69, 9.17) is 38.5 Å². The number of aliphatic hydroxyl groups excluding tert-OH is 3. The van der Waals surface area contributed by atoms with Crippen LogP contribution in [0.5, 0.6) is 11.5 Å². The number of carboxylic acids is 2. The molecule has 4 saturated carbocycles. The van der Waals surface area contributed by atoms with E-state index in [2.05, 4.69) is 34.8 Å². The summed E-state index contributed by atoms with van der Waals surface area (Å²) < 4.78 is 71.1. The predicted octanol–water partition coefficient (Wildman–Crippen LogP) is 4.33. The Morgan fingerprint density at radius 1 is 0.827 bits per heavy atom. The van der Waals surface area contributed by atoms with Crippen molar-refractivity contribution in [1.82, 2.24) is 40.2 Å². The molecule has 3 aromatic heterocycles. The van der Waals surface area contributed by atoms with E-state index >= 15 is 0 Å². The van der Waals surface area contributed by atoms with Gasteiger partial charge in [-0.1, -0.05) is 49.5 Å². The lowest BCUT2D eigenvalue weighted by atomic mass is 9.39. The minimum absolute atomic E-state index is 0.0926. The second-order valence-electron chi connectivity index (χ2n) is 29.4. The molecule has 34 nitrogen and oxygen atoms in total. The third-order valence-electron chi connectivity index (χ3n) is 20.7. The lowest BCUT2D eigenvalue weighted by Crippen LogP contribution is -2.64. The summed E-state index contributed by atoms with van der Waals surface area (Å²) in [7, 11) is -1.84. The molecule has 110 heavy (non-hydrogen) atoms. The molecule has 0 radical (unpaired) electrons. The van der Waals surface area contributed by atoms with Crippen LogP contribution in [0.2, 0.25) is 0 Å². The highest BCUT2D eigenvalue weighted by Crippen LogP contribution is 2.72. The first-order chi connectivity index (χ1) is 52.2. The minimum Gasteiger partial charge on any atom is -0.496 e. The van der Waals surface area contributed by atoms with Gasteiger partial charge in [-0.2, -0.15) is 13.5 Å². The third kappa shape index (κ3) is 17.8. The van der Waals surface area contributed by atoms with Crippen molar-refractivity contribution in [3.8, 4) is 22.6 Å². The molecular formula is C74H85N11O23S2. The summed E-state index contributed by atoms with van der Waals surface area (Å²) in [5.74, 6) is -8.63. The number of aliphatic hydroxyl groups is 3. The van der Waals surface area contributed by atoms with Crippen LogP contribution >= 0.6 is 11.3 Å². The zero-order chi connectivity index (χ0) is 78.8. The molecule has 1 saturated heterocycles. The number of thiazole rings is 1. The van der Waals surface area contributed by atoms with Gasteiger partial charge >= 0.3 is 18.0 Å². The number of carbonyl (C=O) groups excluding carboxylic acids is 7. The van der Waals surface area contributed by atoms with E-state index in [9.17, 15) is 81.7 Å². The standard InChI is InChI=1S/C74H85N11O23S2/c1-41-46(44-14-17-54(80-59(44)66(95)96)83-23-21-43-47(31-83)45(13-16-51(43)104-5)64(93)81-69-79-48-10-6-7-11-53(48)109-69)30-76-85(41)40-73-35-71(2)34-72(3,36-73)38-74(37-71,39-73)106-28-25-82(24-27-103-4)70(99)105-26-8-9-42-12-15-52(107-68-62(92)60(90)61(91)63(108-68)67(97)98)49(29-42)77-55(86)20-22-75-65(94)50(33-110(100,101)102)78-56(87)32-84-57(88)18-19-58(84)89/h6-19,29-30,50,60-63,68,90-92H,20-28,31-40H2,1-5H3,(H,75,94)(H,77,86)(H,78,87)(H,95,96)(H,97,98)(H,79,81,93)(H,100,101,102)/t50?,60-,61-,62+,63-,68+,71?,72?,73?,74?/m0/s1. The summed E-state index contributed by atoms with van der Waals surface area (Å²) in [5.41, 5.74) is 3.68. The number of benzene rings is 3. The number of imide groups is 1. The molecule has 0 spiro atoms. The molecule has 10 N–H and O–H groups in total. The molecule has 7 amide bonds. The zero-order valence-corrected chi connectivity index (χ0v) is 62.3. The van der Waals surface area contributed by atoms with Crippen molar-refractivity contribution in [2.45, 2.75) is 128 Å². The first-order valence-corrected chi connectivity index (χ1v) is 37.9. The molecule has 6 aromatic rings. The van der Waals surface area contributed by atoms with Crippen molar-refractivity contribution in [3.63, 3.8) is 0 Å². The molecule has 586 valence electrons. The number of hydrogen-bond donors (Lipinski definition) is 10. The highest BCUT2D eigenvalue weighted by molar-refractivity contribution is 7.85. The summed E-state index contributed by atoms with van der Waals surface area (Å²) in [6, 6.07) is 16.8. The van der Waals surface area contributed by atoms with Gasteiger partial charge in [0.15, 0.2) is 16.9 Å². The number of pyridine rings is 1. The largest absolute Gasteiger partial charge is 0.496 e. The van der Waals surface area contributed by atoms with Gasteiger partial charge in [0, 0.05) is 92.9 Å². The lowest BCUT2D eigenvalue weighted by Gasteiger charge is -2.69. The highest BCUT2D eigenvalue weighted by Gasteiger charge is 2.66. The summed E-state index contributed by atoms with van der Waals surface area (Å²) in [6.07, 6.45) is 0.751. The first-order valence-electron chi connectivity index (χ1n) is 35.4. The van der Waals surface area contributed by atoms with Crippen LogP contribution in [-0.2, 0) is 77.3 Å². The second-order valence-corrected chi connectivity index (χ2v) is 31.9. The fraction of sp³-hybridized carbons (Fsp3) is 0.459. The van der Waals surface area contributed by atoms with Crippen LogP contribution in [0.4, 0.5) is 21.4 Å². The number of nitrogens with one attached hydrogen (secondary N) is 4. The number of para-hydroxylation sites is 1. The van der Waals surface area contributed by atoms with Gasteiger partial charge in [-0.25, -0.2) is 24.4 Å². The number of nitrogens with zero attached hydrogens (tertiary/aromatic N) is 7. The number of rotatable bonds is 31. The van der Waals surface area contributed by atoms with E-state index in [0.717, 1.165) is 71.3 Å². The van der Waals surface area contributed by atoms with E-state index in [-0.39, 0.29) is 78.7 Å². The van der Waals surface area contributed by atoms with Gasteiger partial charge < -0.3 is 79.7 Å². The van der Waals surface area contributed by atoms with E-state index in [1.165, 1.54) is 53.7 Å². The SMILES string of the molecule is COCCN(CCOC12CC3(C)CC(C)(CC(Cn4ncc(-c5ccc(N6CCc7c(OC)ccc(C(=O)Nc8nc9ccccc9s8)c7C6)nc5C(=O)O)c4C)(C3)C1)C2)C(=O)OCC=Cc1ccc(O[C@@H]2O[C@H](C(=O)O)[C@@H](O)[C@H](O)[C@H]2O)c(NC(=O)CCNC(=O)C(CS(=O)(=O)O)NC(=O)CN2C(=O)C=CC2=O)c1. The highest BCUT2D eigenvalue weighted by atomic mass is 32.2. The monoisotopic (exact) mass is 1560 g/mol. The first kappa shape index (κ1) is 79.2. The number of amides is 7. The molecule has 3 aromatic carbocycles. The van der Waals surface area contributed by atoms with Gasteiger partial charge in [-0.05, 0) is 134 Å². The maximum Gasteiger partial charge on any atom is 0.410 e. The number of aliphatic carboxylic acids is 1. The van der Waals surface area contributed by atoms with Gasteiger partial charge in [-0.3, -0.25) is 48.2 Å². The second kappa shape index (κ2) is 32.3. The molecule has 5 fully saturated rings. The minimum atomic E-state index is -4.93. The Bertz CT molecular complexity index is 4720. The number of hydrogen-bond acceptors (Lipinski definition) is 25. The van der Waals surface area contributed by atoms with Gasteiger partial charge in [0.2, 0.25) is 24.0 Å². The zero-order valence-electron chi connectivity index (χ0n) is 60.7. The average molecular weight is 1560 g/mol. The number of carboxylic acid groups (broad SMARTS) is 2. The lowest BCUT2D eigenvalue weighted by molar-refractivity contribution is -0.271. The Morgan fingerprint density at radius 3 is 2.25 bits per heavy atom. The Morgan fingerprint density at radius 2 is 1.55 bits per heavy atom. The summed E-state index contributed by atoms with van der Waals surface area (Å²) >= 11 is 1.38. The molecule has 8 atom stereocenters. The Hall–Kier alpha value is -10.3. The maximum absolute atomic E-state index is 14.0. The van der Waals surface area contributed by atoms with Crippen molar-refractivity contribution in [2.24, 2.45) is 16.2 Å². The molecule has 4 aliphatic carbocycles. The van der Waals surface area contributed by atoms with Crippen LogP contribution in [0.3, 0.4) is 0 Å². The Balaban J connectivity index is 0.684. The number of aromatic carboxylic acids is 1. The molecule has 13 rings (SSSR count). The van der Waals surface area contributed by atoms with Crippen molar-refractivity contribution in [1.29, 1.82) is 0 Å². The van der Waals surface area contributed by atoms with Crippen molar-refractivity contribution in [3.05, 3.63) is 125 Å². The number of anilines is 3. The average Bonchev–Trinajstić information content (AvgIpc) is 0.753. The molecule has 4 bridgehead atoms. The quantitative estimate of drug-likeness (QED) is 0.0214. The van der Waals surface area contributed by atoms with Crippen molar-refractivity contribution in [2.75, 3.05) is 88.1 Å². The Labute approximate surface area is 634 Å². The molecular weight excluding hydrogens is 1480 g/mol. The number of aromatic nitrogens is 4. The number of ether oxygens (including phenoxy) is 6. The van der Waals surface area contributed by atoms with Crippen LogP contribution in [0.15, 0.2) is 91.2 Å². The summed E-state index contributed by atoms with van der Waals surface area (Å²) in [4.78, 5) is 130. The summed E-state index contributed by atoms with van der Waals surface area (Å²) in [6.45, 7) is 6.77. The van der Waals surface area contributed by atoms with E-state index in [1.54, 1.807) is 37.6 Å². The van der Waals surface area contributed by atoms with Crippen molar-refractivity contribution >= 4 is 108 Å². The van der Waals surface area contributed by atoms with Crippen LogP contribution in [0.25, 0.3) is 27.4 Å². The number of carbonyl (C=O) groups is 9. The van der Waals surface area contributed by atoms with Gasteiger partial charge in [0.05, 0.1) is 48.0 Å². The molecule has 6 heterocycles.